The maximum Gasteiger partial charge on any atom is 0.317 e. The first-order chi connectivity index (χ1) is 11.0. The van der Waals surface area contributed by atoms with Crippen LogP contribution in [0, 0.1) is 0 Å². The fourth-order valence-electron chi connectivity index (χ4n) is 2.33. The van der Waals surface area contributed by atoms with E-state index in [-0.39, 0.29) is 23.7 Å². The number of furan rings is 1. The Labute approximate surface area is 137 Å². The summed E-state index contributed by atoms with van der Waals surface area (Å²) < 4.78 is 5.06. The molecule has 0 saturated carbocycles. The number of nitrogens with zero attached hydrogens (tertiary/aromatic N) is 2. The highest BCUT2D eigenvalue weighted by molar-refractivity contribution is 7.15. The number of carbonyl (C=O) groups is 2. The predicted octanol–water partition coefficient (Wildman–Crippen LogP) is 2.46. The number of hydrogen-bond acceptors (Lipinski definition) is 5. The zero-order valence-electron chi connectivity index (χ0n) is 13.0. The van der Waals surface area contributed by atoms with Gasteiger partial charge in [0.1, 0.15) is 0 Å². The zero-order chi connectivity index (χ0) is 16.4. The second-order valence-electron chi connectivity index (χ2n) is 5.60. The molecule has 0 aliphatic carbocycles. The van der Waals surface area contributed by atoms with Gasteiger partial charge in [0.05, 0.1) is 18.5 Å². The molecule has 0 bridgehead atoms. The molecule has 3 amide bonds. The number of fused-ring (bicyclic) bond motifs is 1. The Morgan fingerprint density at radius 2 is 2.26 bits per heavy atom. The molecule has 3 rings (SSSR count). The van der Waals surface area contributed by atoms with E-state index < -0.39 is 0 Å². The Bertz CT molecular complexity index is 708. The van der Waals surface area contributed by atoms with Crippen molar-refractivity contribution >= 4 is 28.4 Å². The normalized spacial score (nSPS) is 13.8. The lowest BCUT2D eigenvalue weighted by molar-refractivity contribution is 0.0996. The Kier molecular flexibility index (Phi) is 4.33. The van der Waals surface area contributed by atoms with Crippen molar-refractivity contribution in [2.75, 3.05) is 11.9 Å². The van der Waals surface area contributed by atoms with E-state index in [0.29, 0.717) is 24.6 Å². The highest BCUT2D eigenvalue weighted by atomic mass is 32.1. The van der Waals surface area contributed by atoms with Gasteiger partial charge in [-0.2, -0.15) is 0 Å². The summed E-state index contributed by atoms with van der Waals surface area (Å²) >= 11 is 1.39. The maximum absolute atomic E-state index is 12.1. The van der Waals surface area contributed by atoms with Crippen molar-refractivity contribution in [3.63, 3.8) is 0 Å². The van der Waals surface area contributed by atoms with Gasteiger partial charge in [-0.05, 0) is 26.0 Å². The van der Waals surface area contributed by atoms with Gasteiger partial charge >= 0.3 is 6.03 Å². The molecule has 0 saturated heterocycles. The standard InChI is InChI=1S/C15H18N4O3S/c1-9(2)16-15(21)19-6-5-10-12(8-19)23-14(17-10)18-13(20)11-4-3-7-22-11/h3-4,7,9H,5-6,8H2,1-2H3,(H,16,21)(H,17,18,20). The monoisotopic (exact) mass is 334 g/mol. The first-order valence-corrected chi connectivity index (χ1v) is 8.23. The smallest absolute Gasteiger partial charge is 0.317 e. The SMILES string of the molecule is CC(C)NC(=O)N1CCc2nc(NC(=O)c3ccco3)sc2C1. The third-order valence-corrected chi connectivity index (χ3v) is 4.39. The first kappa shape index (κ1) is 15.5. The first-order valence-electron chi connectivity index (χ1n) is 7.42. The summed E-state index contributed by atoms with van der Waals surface area (Å²) in [4.78, 5) is 31.3. The molecule has 2 N–H and O–H groups in total. The van der Waals surface area contributed by atoms with E-state index in [1.54, 1.807) is 17.0 Å². The summed E-state index contributed by atoms with van der Waals surface area (Å²) in [5.74, 6) is -0.0772. The van der Waals surface area contributed by atoms with Crippen LogP contribution in [0.3, 0.4) is 0 Å². The van der Waals surface area contributed by atoms with Crippen LogP contribution in [-0.2, 0) is 13.0 Å². The Morgan fingerprint density at radius 1 is 1.43 bits per heavy atom. The molecule has 3 heterocycles. The fraction of sp³-hybridized carbons (Fsp3) is 0.400. The number of thiazole rings is 1. The lowest BCUT2D eigenvalue weighted by atomic mass is 10.2. The van der Waals surface area contributed by atoms with Crippen molar-refractivity contribution in [2.45, 2.75) is 32.9 Å². The summed E-state index contributed by atoms with van der Waals surface area (Å²) in [6.45, 7) is 5.01. The van der Waals surface area contributed by atoms with Gasteiger partial charge in [0.15, 0.2) is 10.9 Å². The highest BCUT2D eigenvalue weighted by Crippen LogP contribution is 2.28. The molecule has 8 heteroatoms. The van der Waals surface area contributed by atoms with Gasteiger partial charge in [0.2, 0.25) is 0 Å². The van der Waals surface area contributed by atoms with Crippen molar-refractivity contribution < 1.29 is 14.0 Å². The van der Waals surface area contributed by atoms with Crippen molar-refractivity contribution in [2.24, 2.45) is 0 Å². The second kappa shape index (κ2) is 6.41. The molecule has 0 unspecified atom stereocenters. The van der Waals surface area contributed by atoms with Gasteiger partial charge in [0.25, 0.3) is 5.91 Å². The number of carbonyl (C=O) groups excluding carboxylic acids is 2. The minimum atomic E-state index is -0.324. The molecule has 0 atom stereocenters. The van der Waals surface area contributed by atoms with Crippen molar-refractivity contribution in [3.8, 4) is 0 Å². The van der Waals surface area contributed by atoms with E-state index in [0.717, 1.165) is 10.6 Å². The van der Waals surface area contributed by atoms with Crippen LogP contribution in [0.1, 0.15) is 35.0 Å². The molecule has 2 aromatic rings. The number of aromatic nitrogens is 1. The average molecular weight is 334 g/mol. The van der Waals surface area contributed by atoms with Crippen molar-refractivity contribution in [3.05, 3.63) is 34.7 Å². The summed E-state index contributed by atoms with van der Waals surface area (Å²) in [7, 11) is 0. The van der Waals surface area contributed by atoms with Crippen LogP contribution < -0.4 is 10.6 Å². The minimum absolute atomic E-state index is 0.0692. The predicted molar refractivity (Wildman–Crippen MR) is 86.6 cm³/mol. The molecule has 1 aliphatic heterocycles. The van der Waals surface area contributed by atoms with Crippen LogP contribution in [0.4, 0.5) is 9.93 Å². The number of nitrogens with one attached hydrogen (secondary N) is 2. The van der Waals surface area contributed by atoms with E-state index in [4.69, 9.17) is 4.42 Å². The molecule has 0 radical (unpaired) electrons. The van der Waals surface area contributed by atoms with Crippen LogP contribution in [0.15, 0.2) is 22.8 Å². The number of urea groups is 1. The van der Waals surface area contributed by atoms with Crippen molar-refractivity contribution in [1.29, 1.82) is 0 Å². The van der Waals surface area contributed by atoms with Crippen LogP contribution in [0.25, 0.3) is 0 Å². The van der Waals surface area contributed by atoms with Gasteiger partial charge < -0.3 is 14.6 Å². The van der Waals surface area contributed by atoms with E-state index in [1.807, 2.05) is 13.8 Å². The number of rotatable bonds is 3. The molecular weight excluding hydrogens is 316 g/mol. The molecule has 0 spiro atoms. The van der Waals surface area contributed by atoms with Crippen LogP contribution in [-0.4, -0.2) is 34.4 Å². The van der Waals surface area contributed by atoms with Gasteiger partial charge in [-0.15, -0.1) is 0 Å². The number of anilines is 1. The zero-order valence-corrected chi connectivity index (χ0v) is 13.8. The summed E-state index contributed by atoms with van der Waals surface area (Å²) in [5.41, 5.74) is 0.943. The molecule has 1 aliphatic rings. The topological polar surface area (TPSA) is 87.5 Å². The Hall–Kier alpha value is -2.35. The third-order valence-electron chi connectivity index (χ3n) is 3.40. The van der Waals surface area contributed by atoms with Gasteiger partial charge in [-0.1, -0.05) is 11.3 Å². The lowest BCUT2D eigenvalue weighted by Crippen LogP contribution is -2.44. The third kappa shape index (κ3) is 3.53. The molecule has 0 fully saturated rings. The molecule has 7 nitrogen and oxygen atoms in total. The molecule has 2 aromatic heterocycles. The molecule has 0 aromatic carbocycles. The van der Waals surface area contributed by atoms with E-state index in [9.17, 15) is 9.59 Å². The van der Waals surface area contributed by atoms with Crippen LogP contribution in [0.5, 0.6) is 0 Å². The lowest BCUT2D eigenvalue weighted by Gasteiger charge is -2.27. The van der Waals surface area contributed by atoms with Gasteiger partial charge in [0, 0.05) is 23.9 Å². The highest BCUT2D eigenvalue weighted by Gasteiger charge is 2.25. The summed E-state index contributed by atoms with van der Waals surface area (Å²) in [6.07, 6.45) is 2.14. The Morgan fingerprint density at radius 3 is 2.96 bits per heavy atom. The fourth-order valence-corrected chi connectivity index (χ4v) is 3.35. The number of hydrogen-bond donors (Lipinski definition) is 2. The van der Waals surface area contributed by atoms with E-state index >= 15 is 0 Å². The number of amides is 3. The average Bonchev–Trinajstić information content (AvgIpc) is 3.14. The Balaban J connectivity index is 1.67. The van der Waals surface area contributed by atoms with Crippen molar-refractivity contribution in [1.82, 2.24) is 15.2 Å². The summed E-state index contributed by atoms with van der Waals surface area (Å²) in [5, 5.41) is 6.15. The largest absolute Gasteiger partial charge is 0.459 e. The van der Waals surface area contributed by atoms with Crippen LogP contribution >= 0.6 is 11.3 Å². The minimum Gasteiger partial charge on any atom is -0.459 e. The van der Waals surface area contributed by atoms with E-state index in [2.05, 4.69) is 15.6 Å². The molecule has 122 valence electrons. The second-order valence-corrected chi connectivity index (χ2v) is 6.68. The van der Waals surface area contributed by atoms with Gasteiger partial charge in [-0.3, -0.25) is 10.1 Å². The summed E-state index contributed by atoms with van der Waals surface area (Å²) in [6, 6.07) is 3.29. The molecule has 23 heavy (non-hydrogen) atoms. The maximum atomic E-state index is 12.1. The van der Waals surface area contributed by atoms with E-state index in [1.165, 1.54) is 17.6 Å². The van der Waals surface area contributed by atoms with Gasteiger partial charge in [-0.25, -0.2) is 9.78 Å². The molecular formula is C15H18N4O3S. The quantitative estimate of drug-likeness (QED) is 0.902. The van der Waals surface area contributed by atoms with Crippen LogP contribution in [0.2, 0.25) is 0 Å².